The van der Waals surface area contributed by atoms with Crippen molar-refractivity contribution in [3.63, 3.8) is 0 Å². The molecule has 1 aliphatic carbocycles. The zero-order valence-corrected chi connectivity index (χ0v) is 16.4. The van der Waals surface area contributed by atoms with E-state index in [4.69, 9.17) is 21.0 Å². The lowest BCUT2D eigenvalue weighted by atomic mass is 10.2. The van der Waals surface area contributed by atoms with Crippen LogP contribution in [0.15, 0.2) is 69.2 Å². The van der Waals surface area contributed by atoms with Gasteiger partial charge in [-0.2, -0.15) is 0 Å². The molecule has 0 unspecified atom stereocenters. The number of aromatic nitrogens is 3. The first-order chi connectivity index (χ1) is 13.7. The number of hydrogen-bond acceptors (Lipinski definition) is 5. The summed E-state index contributed by atoms with van der Waals surface area (Å²) in [6.07, 6.45) is 3.70. The first kappa shape index (κ1) is 17.5. The van der Waals surface area contributed by atoms with Gasteiger partial charge in [0.05, 0.1) is 16.6 Å². The molecule has 4 aromatic rings. The van der Waals surface area contributed by atoms with Gasteiger partial charge in [0.25, 0.3) is 5.56 Å². The summed E-state index contributed by atoms with van der Waals surface area (Å²) >= 11 is 7.45. The van der Waals surface area contributed by atoms with Crippen molar-refractivity contribution in [3.05, 3.63) is 75.9 Å². The second kappa shape index (κ2) is 7.11. The number of para-hydroxylation sites is 1. The third-order valence-electron chi connectivity index (χ3n) is 4.68. The van der Waals surface area contributed by atoms with Crippen LogP contribution in [0.4, 0.5) is 0 Å². The second-order valence-corrected chi connectivity index (χ2v) is 8.14. The Morgan fingerprint density at radius 1 is 1.11 bits per heavy atom. The smallest absolute Gasteiger partial charge is 0.262 e. The Kier molecular flexibility index (Phi) is 4.45. The Morgan fingerprint density at radius 3 is 2.68 bits per heavy atom. The number of fused-ring (bicyclic) bond motifs is 1. The number of halogens is 1. The van der Waals surface area contributed by atoms with Crippen LogP contribution in [0.3, 0.4) is 0 Å². The predicted molar refractivity (Wildman–Crippen MR) is 111 cm³/mol. The summed E-state index contributed by atoms with van der Waals surface area (Å²) in [6.45, 7) is 0. The molecule has 1 fully saturated rings. The van der Waals surface area contributed by atoms with Crippen molar-refractivity contribution < 1.29 is 4.42 Å². The summed E-state index contributed by atoms with van der Waals surface area (Å²) in [5.41, 5.74) is 2.45. The number of benzene rings is 2. The van der Waals surface area contributed by atoms with E-state index in [1.165, 1.54) is 11.8 Å². The van der Waals surface area contributed by atoms with Crippen molar-refractivity contribution in [1.82, 2.24) is 14.5 Å². The maximum Gasteiger partial charge on any atom is 0.262 e. The monoisotopic (exact) mass is 409 g/mol. The third-order valence-corrected chi connectivity index (χ3v) is 5.92. The molecule has 0 aliphatic heterocycles. The van der Waals surface area contributed by atoms with E-state index in [0.29, 0.717) is 22.1 Å². The Labute approximate surface area is 170 Å². The molecule has 0 atom stereocenters. The van der Waals surface area contributed by atoms with Crippen LogP contribution < -0.4 is 5.56 Å². The molecule has 140 valence electrons. The number of nitrogens with zero attached hydrogens (tertiary/aromatic N) is 3. The first-order valence-electron chi connectivity index (χ1n) is 9.03. The normalized spacial score (nSPS) is 13.9. The minimum Gasteiger partial charge on any atom is -0.444 e. The van der Waals surface area contributed by atoms with Gasteiger partial charge in [-0.1, -0.05) is 35.5 Å². The molecule has 0 bridgehead atoms. The summed E-state index contributed by atoms with van der Waals surface area (Å²) in [5.74, 6) is 1.13. The summed E-state index contributed by atoms with van der Waals surface area (Å²) in [5, 5.41) is 2.08. The maximum absolute atomic E-state index is 12.9. The van der Waals surface area contributed by atoms with Crippen LogP contribution in [0, 0.1) is 0 Å². The molecule has 1 aliphatic rings. The fourth-order valence-electron chi connectivity index (χ4n) is 3.12. The molecule has 2 heterocycles. The molecule has 2 aromatic heterocycles. The number of thioether (sulfide) groups is 1. The van der Waals surface area contributed by atoms with Crippen LogP contribution in [0.25, 0.3) is 22.4 Å². The van der Waals surface area contributed by atoms with Crippen LogP contribution >= 0.6 is 23.4 Å². The fourth-order valence-corrected chi connectivity index (χ4v) is 4.19. The summed E-state index contributed by atoms with van der Waals surface area (Å²) in [6, 6.07) is 15.1. The van der Waals surface area contributed by atoms with Crippen LogP contribution in [0.2, 0.25) is 5.02 Å². The summed E-state index contributed by atoms with van der Waals surface area (Å²) in [4.78, 5) is 22.2. The highest BCUT2D eigenvalue weighted by Gasteiger charge is 2.28. The second-order valence-electron chi connectivity index (χ2n) is 6.76. The number of hydrogen-bond donors (Lipinski definition) is 0. The molecule has 0 amide bonds. The number of oxazole rings is 1. The standard InChI is InChI=1S/C21H16ClN3O2S/c22-14-7-5-13(6-8-14)19-23-15(11-27-19)12-28-21-24-18-4-2-1-3-17(18)20(26)25(21)16-9-10-16/h1-8,11,16H,9-10,12H2. The van der Waals surface area contributed by atoms with Gasteiger partial charge in [-0.05, 0) is 49.2 Å². The van der Waals surface area contributed by atoms with Crippen molar-refractivity contribution in [2.75, 3.05) is 0 Å². The van der Waals surface area contributed by atoms with E-state index in [1.54, 1.807) is 6.26 Å². The van der Waals surface area contributed by atoms with Gasteiger partial charge in [0.2, 0.25) is 5.89 Å². The number of rotatable bonds is 5. The Balaban J connectivity index is 1.43. The van der Waals surface area contributed by atoms with E-state index in [1.807, 2.05) is 53.1 Å². The van der Waals surface area contributed by atoms with Gasteiger partial charge in [0.15, 0.2) is 5.16 Å². The van der Waals surface area contributed by atoms with Gasteiger partial charge in [0.1, 0.15) is 6.26 Å². The molecule has 2 aromatic carbocycles. The molecule has 28 heavy (non-hydrogen) atoms. The highest BCUT2D eigenvalue weighted by molar-refractivity contribution is 7.98. The van der Waals surface area contributed by atoms with Crippen LogP contribution in [0.5, 0.6) is 0 Å². The fraction of sp³-hybridized carbons (Fsp3) is 0.190. The Morgan fingerprint density at radius 2 is 1.89 bits per heavy atom. The minimum atomic E-state index is 0.0395. The SMILES string of the molecule is O=c1c2ccccc2nc(SCc2coc(-c3ccc(Cl)cc3)n2)n1C1CC1. The van der Waals surface area contributed by atoms with E-state index in [0.717, 1.165) is 34.8 Å². The summed E-state index contributed by atoms with van der Waals surface area (Å²) < 4.78 is 7.45. The van der Waals surface area contributed by atoms with Crippen LogP contribution in [-0.2, 0) is 5.75 Å². The molecule has 1 saturated carbocycles. The van der Waals surface area contributed by atoms with Crippen LogP contribution in [-0.4, -0.2) is 14.5 Å². The van der Waals surface area contributed by atoms with E-state index in [9.17, 15) is 4.79 Å². The maximum atomic E-state index is 12.9. The van der Waals surface area contributed by atoms with Crippen molar-refractivity contribution in [3.8, 4) is 11.5 Å². The van der Waals surface area contributed by atoms with Gasteiger partial charge in [-0.15, -0.1) is 0 Å². The minimum absolute atomic E-state index is 0.0395. The highest BCUT2D eigenvalue weighted by atomic mass is 35.5. The van der Waals surface area contributed by atoms with Crippen molar-refractivity contribution in [1.29, 1.82) is 0 Å². The first-order valence-corrected chi connectivity index (χ1v) is 10.4. The molecular weight excluding hydrogens is 394 g/mol. The van der Waals surface area contributed by atoms with E-state index in [2.05, 4.69) is 4.98 Å². The molecule has 5 nitrogen and oxygen atoms in total. The average molecular weight is 410 g/mol. The van der Waals surface area contributed by atoms with Gasteiger partial charge < -0.3 is 4.42 Å². The molecule has 0 spiro atoms. The molecular formula is C21H16ClN3O2S. The zero-order chi connectivity index (χ0) is 19.1. The topological polar surface area (TPSA) is 60.9 Å². The van der Waals surface area contributed by atoms with Gasteiger partial charge in [-0.3, -0.25) is 9.36 Å². The van der Waals surface area contributed by atoms with Gasteiger partial charge in [0, 0.05) is 22.4 Å². The van der Waals surface area contributed by atoms with Gasteiger partial charge in [-0.25, -0.2) is 9.97 Å². The summed E-state index contributed by atoms with van der Waals surface area (Å²) in [7, 11) is 0. The lowest BCUT2D eigenvalue weighted by molar-refractivity contribution is 0.573. The van der Waals surface area contributed by atoms with E-state index < -0.39 is 0 Å². The van der Waals surface area contributed by atoms with Crippen molar-refractivity contribution >= 4 is 34.3 Å². The Bertz CT molecular complexity index is 1210. The van der Waals surface area contributed by atoms with Crippen molar-refractivity contribution in [2.45, 2.75) is 29.8 Å². The quantitative estimate of drug-likeness (QED) is 0.329. The largest absolute Gasteiger partial charge is 0.444 e. The zero-order valence-electron chi connectivity index (χ0n) is 14.8. The Hall–Kier alpha value is -2.57. The van der Waals surface area contributed by atoms with Gasteiger partial charge >= 0.3 is 0 Å². The lowest BCUT2D eigenvalue weighted by Gasteiger charge is -2.11. The molecule has 5 rings (SSSR count). The van der Waals surface area contributed by atoms with E-state index >= 15 is 0 Å². The highest BCUT2D eigenvalue weighted by Crippen LogP contribution is 2.37. The molecule has 0 N–H and O–H groups in total. The van der Waals surface area contributed by atoms with E-state index in [-0.39, 0.29) is 11.6 Å². The average Bonchev–Trinajstić information content (AvgIpc) is 3.43. The molecule has 0 saturated heterocycles. The third kappa shape index (κ3) is 3.34. The molecule has 7 heteroatoms. The van der Waals surface area contributed by atoms with Crippen molar-refractivity contribution in [2.24, 2.45) is 0 Å². The van der Waals surface area contributed by atoms with Crippen LogP contribution in [0.1, 0.15) is 24.6 Å². The molecule has 0 radical (unpaired) electrons. The lowest BCUT2D eigenvalue weighted by Crippen LogP contribution is -2.22. The predicted octanol–water partition coefficient (Wildman–Crippen LogP) is 5.33.